The van der Waals surface area contributed by atoms with E-state index in [1.54, 1.807) is 6.33 Å². The molecule has 0 radical (unpaired) electrons. The van der Waals surface area contributed by atoms with Gasteiger partial charge in [-0.3, -0.25) is 0 Å². The third kappa shape index (κ3) is 1.41. The lowest BCUT2D eigenvalue weighted by atomic mass is 9.81. The molecule has 2 aliphatic rings. The van der Waals surface area contributed by atoms with Crippen LogP contribution in [0.1, 0.15) is 25.5 Å². The third-order valence-electron chi connectivity index (χ3n) is 4.08. The number of benzene rings is 1. The molecule has 0 amide bonds. The van der Waals surface area contributed by atoms with E-state index in [0.717, 1.165) is 5.71 Å². The molecular formula is C14H15N5O. The molecule has 1 aromatic carbocycles. The molecule has 0 spiro atoms. The fourth-order valence-electron chi connectivity index (χ4n) is 3.20. The highest BCUT2D eigenvalue weighted by molar-refractivity contribution is 5.88. The van der Waals surface area contributed by atoms with Crippen molar-refractivity contribution in [2.75, 3.05) is 5.32 Å². The van der Waals surface area contributed by atoms with Gasteiger partial charge in [0, 0.05) is 0 Å². The van der Waals surface area contributed by atoms with Crippen molar-refractivity contribution >= 4 is 11.7 Å². The molecule has 102 valence electrons. The van der Waals surface area contributed by atoms with E-state index in [1.807, 2.05) is 36.7 Å². The van der Waals surface area contributed by atoms with Crippen LogP contribution in [-0.2, 0) is 4.84 Å². The van der Waals surface area contributed by atoms with E-state index in [2.05, 4.69) is 32.7 Å². The molecule has 2 aromatic rings. The van der Waals surface area contributed by atoms with Crippen molar-refractivity contribution in [1.29, 1.82) is 0 Å². The Morgan fingerprint density at radius 3 is 2.90 bits per heavy atom. The third-order valence-corrected chi connectivity index (χ3v) is 4.08. The molecule has 20 heavy (non-hydrogen) atoms. The van der Waals surface area contributed by atoms with Gasteiger partial charge < -0.3 is 10.2 Å². The summed E-state index contributed by atoms with van der Waals surface area (Å²) < 4.78 is 1.91. The molecule has 0 saturated carbocycles. The lowest BCUT2D eigenvalue weighted by molar-refractivity contribution is -0.0234. The maximum Gasteiger partial charge on any atom is 0.224 e. The molecule has 6 heteroatoms. The van der Waals surface area contributed by atoms with E-state index in [0.29, 0.717) is 5.95 Å². The van der Waals surface area contributed by atoms with E-state index in [1.165, 1.54) is 5.56 Å². The average Bonchev–Trinajstić information content (AvgIpc) is 3.02. The summed E-state index contributed by atoms with van der Waals surface area (Å²) in [7, 11) is 0. The first kappa shape index (κ1) is 11.5. The highest BCUT2D eigenvalue weighted by Crippen LogP contribution is 2.45. The summed E-state index contributed by atoms with van der Waals surface area (Å²) in [5.74, 6) is 0.793. The van der Waals surface area contributed by atoms with E-state index >= 15 is 0 Å². The number of anilines is 1. The molecule has 6 nitrogen and oxygen atoms in total. The zero-order chi connectivity index (χ0) is 13.7. The van der Waals surface area contributed by atoms with Gasteiger partial charge in [0.2, 0.25) is 11.7 Å². The molecule has 4 rings (SSSR count). The fourth-order valence-corrected chi connectivity index (χ4v) is 3.20. The van der Waals surface area contributed by atoms with Crippen molar-refractivity contribution in [2.24, 2.45) is 11.1 Å². The highest BCUT2D eigenvalue weighted by atomic mass is 16.7. The van der Waals surface area contributed by atoms with E-state index in [4.69, 9.17) is 4.84 Å². The fraction of sp³-hybridized carbons (Fsp3) is 0.357. The zero-order valence-corrected chi connectivity index (χ0v) is 11.3. The van der Waals surface area contributed by atoms with Crippen LogP contribution in [0.25, 0.3) is 0 Å². The standard InChI is InChI=1S/C14H15N5O/c1-9-11-12(10-6-4-3-5-7-10)19-13(15-8-16-19)17-14(11,2)20-18-9/h3-8,11-12H,1-2H3,(H,15,16,17)/t11-,12-,14+/m1/s1. The second-order valence-electron chi connectivity index (χ2n) is 5.42. The summed E-state index contributed by atoms with van der Waals surface area (Å²) >= 11 is 0. The number of fused-ring (bicyclic) bond motifs is 2. The largest absolute Gasteiger partial charge is 0.367 e. The summed E-state index contributed by atoms with van der Waals surface area (Å²) in [6.07, 6.45) is 1.56. The monoisotopic (exact) mass is 269 g/mol. The molecular weight excluding hydrogens is 254 g/mol. The maximum atomic E-state index is 5.63. The minimum absolute atomic E-state index is 0.0335. The highest BCUT2D eigenvalue weighted by Gasteiger charge is 2.53. The van der Waals surface area contributed by atoms with Crippen LogP contribution in [0.3, 0.4) is 0 Å². The van der Waals surface area contributed by atoms with Crippen LogP contribution < -0.4 is 5.32 Å². The normalized spacial score (nSPS) is 30.8. The summed E-state index contributed by atoms with van der Waals surface area (Å²) in [5, 5.41) is 11.8. The van der Waals surface area contributed by atoms with Gasteiger partial charge in [0.05, 0.1) is 17.7 Å². The van der Waals surface area contributed by atoms with Crippen LogP contribution in [0.4, 0.5) is 5.95 Å². The van der Waals surface area contributed by atoms with Crippen LogP contribution >= 0.6 is 0 Å². The van der Waals surface area contributed by atoms with Crippen molar-refractivity contribution in [2.45, 2.75) is 25.6 Å². The Labute approximate surface area is 116 Å². The van der Waals surface area contributed by atoms with Gasteiger partial charge in [-0.25, -0.2) is 4.68 Å². The van der Waals surface area contributed by atoms with Crippen LogP contribution in [-0.4, -0.2) is 26.2 Å². The summed E-state index contributed by atoms with van der Waals surface area (Å²) in [6, 6.07) is 10.3. The topological polar surface area (TPSA) is 64.3 Å². The van der Waals surface area contributed by atoms with Crippen molar-refractivity contribution in [3.05, 3.63) is 42.2 Å². The minimum Gasteiger partial charge on any atom is -0.367 e. The second kappa shape index (κ2) is 3.82. The van der Waals surface area contributed by atoms with Crippen molar-refractivity contribution in [1.82, 2.24) is 14.8 Å². The molecule has 1 aromatic heterocycles. The van der Waals surface area contributed by atoms with Crippen LogP contribution in [0.5, 0.6) is 0 Å². The van der Waals surface area contributed by atoms with E-state index in [-0.39, 0.29) is 12.0 Å². The van der Waals surface area contributed by atoms with Crippen molar-refractivity contribution < 1.29 is 4.84 Å². The van der Waals surface area contributed by atoms with Crippen LogP contribution in [0, 0.1) is 5.92 Å². The van der Waals surface area contributed by atoms with Crippen molar-refractivity contribution in [3.63, 3.8) is 0 Å². The number of nitrogens with one attached hydrogen (secondary N) is 1. The zero-order valence-electron chi connectivity index (χ0n) is 11.3. The number of rotatable bonds is 1. The van der Waals surface area contributed by atoms with Gasteiger partial charge in [0.15, 0.2) is 0 Å². The predicted octanol–water partition coefficient (Wildman–Crippen LogP) is 2.03. The molecule has 0 saturated heterocycles. The van der Waals surface area contributed by atoms with Gasteiger partial charge in [-0.05, 0) is 19.4 Å². The average molecular weight is 269 g/mol. The molecule has 3 heterocycles. The number of nitrogens with zero attached hydrogens (tertiary/aromatic N) is 4. The lowest BCUT2D eigenvalue weighted by Gasteiger charge is -2.40. The number of hydrogen-bond acceptors (Lipinski definition) is 5. The first-order valence-electron chi connectivity index (χ1n) is 6.64. The smallest absolute Gasteiger partial charge is 0.224 e. The summed E-state index contributed by atoms with van der Waals surface area (Å²) in [5.41, 5.74) is 1.57. The predicted molar refractivity (Wildman–Crippen MR) is 74.3 cm³/mol. The Bertz CT molecular complexity index is 680. The maximum absolute atomic E-state index is 5.63. The molecule has 0 bridgehead atoms. The van der Waals surface area contributed by atoms with E-state index < -0.39 is 5.72 Å². The SMILES string of the molecule is CC1=NO[C@]2(C)Nc3ncnn3[C@H](c3ccccc3)[C@@H]12. The van der Waals surface area contributed by atoms with Gasteiger partial charge in [-0.2, -0.15) is 10.1 Å². The minimum atomic E-state index is -0.576. The Kier molecular flexibility index (Phi) is 2.19. The van der Waals surface area contributed by atoms with Crippen LogP contribution in [0.15, 0.2) is 41.8 Å². The van der Waals surface area contributed by atoms with Gasteiger partial charge in [0.25, 0.3) is 0 Å². The number of aromatic nitrogens is 3. The van der Waals surface area contributed by atoms with E-state index in [9.17, 15) is 0 Å². The second-order valence-corrected chi connectivity index (χ2v) is 5.42. The van der Waals surface area contributed by atoms with Gasteiger partial charge in [-0.1, -0.05) is 35.5 Å². The summed E-state index contributed by atoms with van der Waals surface area (Å²) in [4.78, 5) is 9.90. The Morgan fingerprint density at radius 1 is 1.30 bits per heavy atom. The van der Waals surface area contributed by atoms with Gasteiger partial charge in [0.1, 0.15) is 6.33 Å². The van der Waals surface area contributed by atoms with Gasteiger partial charge in [-0.15, -0.1) is 0 Å². The quantitative estimate of drug-likeness (QED) is 0.860. The van der Waals surface area contributed by atoms with Crippen molar-refractivity contribution in [3.8, 4) is 0 Å². The molecule has 0 aliphatic carbocycles. The molecule has 2 aliphatic heterocycles. The molecule has 0 unspecified atom stereocenters. The lowest BCUT2D eigenvalue weighted by Crippen LogP contribution is -2.52. The molecule has 1 N–H and O–H groups in total. The van der Waals surface area contributed by atoms with Crippen LogP contribution in [0.2, 0.25) is 0 Å². The Balaban J connectivity index is 1.92. The summed E-state index contributed by atoms with van der Waals surface area (Å²) in [6.45, 7) is 4.00. The Morgan fingerprint density at radius 2 is 2.10 bits per heavy atom. The number of oxime groups is 1. The first-order chi connectivity index (χ1) is 9.69. The Hall–Kier alpha value is -2.37. The molecule has 3 atom stereocenters. The molecule has 0 fully saturated rings. The first-order valence-corrected chi connectivity index (χ1v) is 6.64. The van der Waals surface area contributed by atoms with Gasteiger partial charge >= 0.3 is 0 Å². The number of hydrogen-bond donors (Lipinski definition) is 1.